The van der Waals surface area contributed by atoms with Gasteiger partial charge in [-0.1, -0.05) is 0 Å². The van der Waals surface area contributed by atoms with Crippen molar-refractivity contribution in [3.8, 4) is 0 Å². The molecule has 1 rings (SSSR count). The van der Waals surface area contributed by atoms with Crippen molar-refractivity contribution in [2.75, 3.05) is 26.2 Å². The van der Waals surface area contributed by atoms with E-state index in [1.165, 1.54) is 4.90 Å². The molecule has 1 aliphatic rings. The van der Waals surface area contributed by atoms with Gasteiger partial charge in [0, 0.05) is 6.54 Å². The third-order valence-electron chi connectivity index (χ3n) is 2.86. The molecule has 3 atom stereocenters. The molecule has 0 aromatic carbocycles. The number of amides is 2. The minimum atomic E-state index is -2.01. The van der Waals surface area contributed by atoms with Crippen LogP contribution in [0.1, 0.15) is 13.8 Å². The third kappa shape index (κ3) is 4.34. The molecule has 0 aromatic rings. The number of nitrogens with one attached hydrogen (secondary N) is 1. The Bertz CT molecular complexity index is 346. The van der Waals surface area contributed by atoms with Crippen molar-refractivity contribution in [2.45, 2.75) is 31.7 Å². The largest absolute Gasteiger partial charge is 0.479 e. The highest BCUT2D eigenvalue weighted by Crippen LogP contribution is 2.11. The molecule has 1 fully saturated rings. The number of morpholine rings is 1. The number of hydrogen-bond donors (Lipinski definition) is 4. The number of nitrogens with zero attached hydrogens (tertiary/aromatic N) is 1. The van der Waals surface area contributed by atoms with E-state index < -0.39 is 30.3 Å². The molecule has 8 nitrogen and oxygen atoms in total. The lowest BCUT2D eigenvalue weighted by atomic mass is 10.1. The van der Waals surface area contributed by atoms with Gasteiger partial charge in [0.15, 0.2) is 5.60 Å². The predicted molar refractivity (Wildman–Crippen MR) is 64.7 cm³/mol. The van der Waals surface area contributed by atoms with Gasteiger partial charge in [0.2, 0.25) is 0 Å². The molecule has 0 bridgehead atoms. The van der Waals surface area contributed by atoms with E-state index >= 15 is 0 Å². The normalized spacial score (nSPS) is 26.6. The van der Waals surface area contributed by atoms with Gasteiger partial charge in [0.05, 0.1) is 31.9 Å². The zero-order valence-electron chi connectivity index (χ0n) is 11.0. The van der Waals surface area contributed by atoms with E-state index in [-0.39, 0.29) is 19.3 Å². The van der Waals surface area contributed by atoms with Gasteiger partial charge in [-0.05, 0) is 13.8 Å². The first-order valence-corrected chi connectivity index (χ1v) is 6.01. The van der Waals surface area contributed by atoms with Crippen LogP contribution in [0.2, 0.25) is 0 Å². The SMILES string of the molecule is CC1CN(C(=O)NCC(C)(O)C(=O)O)CC(CO)O1. The molecular formula is C11H20N2O6. The third-order valence-corrected chi connectivity index (χ3v) is 2.86. The van der Waals surface area contributed by atoms with Crippen LogP contribution >= 0.6 is 0 Å². The van der Waals surface area contributed by atoms with Crippen molar-refractivity contribution in [3.05, 3.63) is 0 Å². The van der Waals surface area contributed by atoms with Gasteiger partial charge in [-0.15, -0.1) is 0 Å². The fourth-order valence-corrected chi connectivity index (χ4v) is 1.75. The summed E-state index contributed by atoms with van der Waals surface area (Å²) >= 11 is 0. The van der Waals surface area contributed by atoms with Crippen LogP contribution in [-0.4, -0.2) is 76.3 Å². The van der Waals surface area contributed by atoms with Gasteiger partial charge < -0.3 is 30.3 Å². The van der Waals surface area contributed by atoms with Crippen LogP contribution in [0.4, 0.5) is 4.79 Å². The molecule has 0 aliphatic carbocycles. The number of hydrogen-bond acceptors (Lipinski definition) is 5. The van der Waals surface area contributed by atoms with Crippen molar-refractivity contribution in [3.63, 3.8) is 0 Å². The van der Waals surface area contributed by atoms with Crippen molar-refractivity contribution in [1.29, 1.82) is 0 Å². The molecule has 19 heavy (non-hydrogen) atoms. The fourth-order valence-electron chi connectivity index (χ4n) is 1.75. The zero-order chi connectivity index (χ0) is 14.6. The standard InChI is InChI=1S/C11H20N2O6/c1-7-3-13(4-8(5-14)19-7)10(17)12-6-11(2,18)9(15)16/h7-8,14,18H,3-6H2,1-2H3,(H,12,17)(H,15,16). The fraction of sp³-hybridized carbons (Fsp3) is 0.818. The van der Waals surface area contributed by atoms with Crippen LogP contribution in [0.5, 0.6) is 0 Å². The van der Waals surface area contributed by atoms with E-state index in [4.69, 9.17) is 14.9 Å². The second kappa shape index (κ2) is 6.18. The second-order valence-electron chi connectivity index (χ2n) is 4.89. The Morgan fingerprint density at radius 3 is 2.63 bits per heavy atom. The predicted octanol–water partition coefficient (Wildman–Crippen LogP) is -1.39. The van der Waals surface area contributed by atoms with E-state index in [2.05, 4.69) is 5.32 Å². The summed E-state index contributed by atoms with van der Waals surface area (Å²) in [5.74, 6) is -1.41. The second-order valence-corrected chi connectivity index (χ2v) is 4.89. The first-order valence-electron chi connectivity index (χ1n) is 6.01. The first kappa shape index (κ1) is 15.7. The molecule has 1 aliphatic heterocycles. The Balaban J connectivity index is 2.51. The molecule has 2 amide bonds. The molecule has 0 radical (unpaired) electrons. The monoisotopic (exact) mass is 276 g/mol. The summed E-state index contributed by atoms with van der Waals surface area (Å²) in [5, 5.41) is 29.6. The van der Waals surface area contributed by atoms with Crippen molar-refractivity contribution >= 4 is 12.0 Å². The minimum Gasteiger partial charge on any atom is -0.479 e. The van der Waals surface area contributed by atoms with Gasteiger partial charge in [-0.2, -0.15) is 0 Å². The molecule has 4 N–H and O–H groups in total. The number of ether oxygens (including phenoxy) is 1. The Morgan fingerprint density at radius 1 is 1.47 bits per heavy atom. The molecule has 0 spiro atoms. The van der Waals surface area contributed by atoms with Crippen LogP contribution in [0.3, 0.4) is 0 Å². The maximum Gasteiger partial charge on any atom is 0.337 e. The first-order chi connectivity index (χ1) is 8.76. The lowest BCUT2D eigenvalue weighted by molar-refractivity contribution is -0.155. The van der Waals surface area contributed by atoms with E-state index in [9.17, 15) is 14.7 Å². The molecular weight excluding hydrogens is 256 g/mol. The summed E-state index contributed by atoms with van der Waals surface area (Å²) in [6.07, 6.45) is -0.661. The maximum atomic E-state index is 11.8. The number of urea groups is 1. The average Bonchev–Trinajstić information content (AvgIpc) is 2.34. The smallest absolute Gasteiger partial charge is 0.337 e. The van der Waals surface area contributed by atoms with E-state index in [0.717, 1.165) is 6.92 Å². The summed E-state index contributed by atoms with van der Waals surface area (Å²) in [4.78, 5) is 24.0. The van der Waals surface area contributed by atoms with Crippen LogP contribution in [-0.2, 0) is 9.53 Å². The lowest BCUT2D eigenvalue weighted by Gasteiger charge is -2.36. The number of aliphatic hydroxyl groups is 2. The number of rotatable bonds is 4. The molecule has 1 heterocycles. The summed E-state index contributed by atoms with van der Waals surface area (Å²) in [6.45, 7) is 2.86. The number of carbonyl (C=O) groups is 2. The van der Waals surface area contributed by atoms with Crippen LogP contribution < -0.4 is 5.32 Å². The molecule has 110 valence electrons. The van der Waals surface area contributed by atoms with E-state index in [1.807, 2.05) is 0 Å². The quantitative estimate of drug-likeness (QED) is 0.502. The van der Waals surface area contributed by atoms with Crippen LogP contribution in [0.25, 0.3) is 0 Å². The number of carboxylic acids is 1. The highest BCUT2D eigenvalue weighted by atomic mass is 16.5. The Morgan fingerprint density at radius 2 is 2.11 bits per heavy atom. The number of aliphatic carboxylic acids is 1. The number of carboxylic acid groups (broad SMARTS) is 1. The molecule has 1 saturated heterocycles. The highest BCUT2D eigenvalue weighted by Gasteiger charge is 2.32. The Hall–Kier alpha value is -1.38. The van der Waals surface area contributed by atoms with Gasteiger partial charge in [0.25, 0.3) is 0 Å². The Labute approximate surface area is 111 Å². The Kier molecular flexibility index (Phi) is 5.10. The van der Waals surface area contributed by atoms with Gasteiger partial charge >= 0.3 is 12.0 Å². The lowest BCUT2D eigenvalue weighted by Crippen LogP contribution is -2.56. The van der Waals surface area contributed by atoms with E-state index in [1.54, 1.807) is 6.92 Å². The zero-order valence-corrected chi connectivity index (χ0v) is 11.0. The van der Waals surface area contributed by atoms with Gasteiger partial charge in [-0.3, -0.25) is 0 Å². The van der Waals surface area contributed by atoms with Crippen LogP contribution in [0, 0.1) is 0 Å². The highest BCUT2D eigenvalue weighted by molar-refractivity contribution is 5.79. The van der Waals surface area contributed by atoms with Crippen molar-refractivity contribution < 1.29 is 29.6 Å². The molecule has 0 saturated carbocycles. The topological polar surface area (TPSA) is 119 Å². The van der Waals surface area contributed by atoms with Crippen molar-refractivity contribution in [2.24, 2.45) is 0 Å². The van der Waals surface area contributed by atoms with Crippen LogP contribution in [0.15, 0.2) is 0 Å². The average molecular weight is 276 g/mol. The molecule has 0 aromatic heterocycles. The number of carbonyl (C=O) groups excluding carboxylic acids is 1. The molecule has 8 heteroatoms. The summed E-state index contributed by atoms with van der Waals surface area (Å²) in [7, 11) is 0. The summed E-state index contributed by atoms with van der Waals surface area (Å²) < 4.78 is 5.38. The van der Waals surface area contributed by atoms with Gasteiger partial charge in [0.1, 0.15) is 0 Å². The van der Waals surface area contributed by atoms with Crippen molar-refractivity contribution in [1.82, 2.24) is 10.2 Å². The van der Waals surface area contributed by atoms with Gasteiger partial charge in [-0.25, -0.2) is 9.59 Å². The summed E-state index contributed by atoms with van der Waals surface area (Å²) in [5.41, 5.74) is -2.01. The maximum absolute atomic E-state index is 11.8. The van der Waals surface area contributed by atoms with E-state index in [0.29, 0.717) is 6.54 Å². The number of aliphatic hydroxyl groups excluding tert-OH is 1. The summed E-state index contributed by atoms with van der Waals surface area (Å²) in [6, 6.07) is -0.491. The molecule has 3 unspecified atom stereocenters. The minimum absolute atomic E-state index is 0.193.